The molecule has 0 unspecified atom stereocenters. The summed E-state index contributed by atoms with van der Waals surface area (Å²) in [5.41, 5.74) is 3.01. The molecule has 0 atom stereocenters. The SMILES string of the molecule is COc1ccc(C(=O)N/N=C\c2cccc(O)c2)c(O)c1. The van der Waals surface area contributed by atoms with Crippen LogP contribution in [0.3, 0.4) is 0 Å². The normalized spacial score (nSPS) is 10.5. The predicted molar refractivity (Wildman–Crippen MR) is 77.8 cm³/mol. The van der Waals surface area contributed by atoms with Crippen LogP contribution in [0.2, 0.25) is 0 Å². The van der Waals surface area contributed by atoms with Crippen LogP contribution < -0.4 is 10.2 Å². The smallest absolute Gasteiger partial charge is 0.275 e. The lowest BCUT2D eigenvalue weighted by Gasteiger charge is -2.05. The van der Waals surface area contributed by atoms with Gasteiger partial charge in [-0.15, -0.1) is 0 Å². The van der Waals surface area contributed by atoms with Gasteiger partial charge >= 0.3 is 0 Å². The van der Waals surface area contributed by atoms with Gasteiger partial charge < -0.3 is 14.9 Å². The zero-order chi connectivity index (χ0) is 15.2. The topological polar surface area (TPSA) is 91.2 Å². The Morgan fingerprint density at radius 1 is 1.24 bits per heavy atom. The molecule has 0 aliphatic carbocycles. The van der Waals surface area contributed by atoms with Crippen LogP contribution in [0, 0.1) is 0 Å². The molecule has 6 heteroatoms. The van der Waals surface area contributed by atoms with Gasteiger partial charge in [0.05, 0.1) is 18.9 Å². The third-order valence-corrected chi connectivity index (χ3v) is 2.70. The lowest BCUT2D eigenvalue weighted by molar-refractivity contribution is 0.0952. The molecular formula is C15H14N2O4. The maximum absolute atomic E-state index is 11.8. The number of benzene rings is 2. The van der Waals surface area contributed by atoms with E-state index in [0.29, 0.717) is 11.3 Å². The van der Waals surface area contributed by atoms with Gasteiger partial charge in [-0.1, -0.05) is 12.1 Å². The van der Waals surface area contributed by atoms with Gasteiger partial charge in [-0.25, -0.2) is 5.43 Å². The summed E-state index contributed by atoms with van der Waals surface area (Å²) in [4.78, 5) is 11.8. The van der Waals surface area contributed by atoms with E-state index in [9.17, 15) is 15.0 Å². The number of aromatic hydroxyl groups is 2. The lowest BCUT2D eigenvalue weighted by atomic mass is 10.2. The van der Waals surface area contributed by atoms with Crippen molar-refractivity contribution in [3.05, 3.63) is 53.6 Å². The van der Waals surface area contributed by atoms with Crippen LogP contribution in [-0.2, 0) is 0 Å². The number of phenolic OH excluding ortho intramolecular Hbond substituents is 2. The van der Waals surface area contributed by atoms with Gasteiger partial charge in [0.15, 0.2) is 0 Å². The van der Waals surface area contributed by atoms with Gasteiger partial charge in [0.1, 0.15) is 17.2 Å². The van der Waals surface area contributed by atoms with Gasteiger partial charge in [0.2, 0.25) is 0 Å². The minimum atomic E-state index is -0.549. The summed E-state index contributed by atoms with van der Waals surface area (Å²) in [7, 11) is 1.47. The molecular weight excluding hydrogens is 272 g/mol. The van der Waals surface area contributed by atoms with Crippen molar-refractivity contribution in [2.75, 3.05) is 7.11 Å². The maximum atomic E-state index is 11.8. The molecule has 0 aromatic heterocycles. The summed E-state index contributed by atoms with van der Waals surface area (Å²) in [6.07, 6.45) is 1.39. The highest BCUT2D eigenvalue weighted by molar-refractivity contribution is 5.97. The number of carbonyl (C=O) groups excluding carboxylic acids is 1. The van der Waals surface area contributed by atoms with Crippen molar-refractivity contribution in [2.24, 2.45) is 5.10 Å². The number of nitrogens with one attached hydrogen (secondary N) is 1. The molecule has 0 fully saturated rings. The summed E-state index contributed by atoms with van der Waals surface area (Å²) in [5, 5.41) is 22.8. The van der Waals surface area contributed by atoms with Crippen LogP contribution in [0.1, 0.15) is 15.9 Å². The van der Waals surface area contributed by atoms with Crippen LogP contribution in [0.4, 0.5) is 0 Å². The fourth-order valence-electron chi connectivity index (χ4n) is 1.66. The Kier molecular flexibility index (Phi) is 4.40. The minimum Gasteiger partial charge on any atom is -0.508 e. The van der Waals surface area contributed by atoms with E-state index in [2.05, 4.69) is 10.5 Å². The number of hydrogen-bond acceptors (Lipinski definition) is 5. The highest BCUT2D eigenvalue weighted by Gasteiger charge is 2.10. The third-order valence-electron chi connectivity index (χ3n) is 2.70. The molecule has 0 radical (unpaired) electrons. The van der Waals surface area contributed by atoms with E-state index in [4.69, 9.17) is 4.74 Å². The lowest BCUT2D eigenvalue weighted by Crippen LogP contribution is -2.17. The van der Waals surface area contributed by atoms with E-state index in [0.717, 1.165) is 0 Å². The molecule has 0 bridgehead atoms. The second-order valence-corrected chi connectivity index (χ2v) is 4.18. The Bertz CT molecular complexity index is 683. The van der Waals surface area contributed by atoms with Crippen molar-refractivity contribution >= 4 is 12.1 Å². The molecule has 0 saturated carbocycles. The van der Waals surface area contributed by atoms with Crippen LogP contribution in [-0.4, -0.2) is 29.4 Å². The second kappa shape index (κ2) is 6.42. The van der Waals surface area contributed by atoms with E-state index < -0.39 is 5.91 Å². The summed E-state index contributed by atoms with van der Waals surface area (Å²) in [6.45, 7) is 0. The summed E-state index contributed by atoms with van der Waals surface area (Å²) < 4.78 is 4.93. The number of amides is 1. The van der Waals surface area contributed by atoms with Crippen molar-refractivity contribution in [3.8, 4) is 17.2 Å². The molecule has 0 heterocycles. The highest BCUT2D eigenvalue weighted by atomic mass is 16.5. The number of rotatable bonds is 4. The Labute approximate surface area is 121 Å². The fraction of sp³-hybridized carbons (Fsp3) is 0.0667. The van der Waals surface area contributed by atoms with E-state index in [1.54, 1.807) is 18.2 Å². The summed E-state index contributed by atoms with van der Waals surface area (Å²) in [6, 6.07) is 10.8. The molecule has 2 aromatic rings. The Morgan fingerprint density at radius 2 is 2.05 bits per heavy atom. The van der Waals surface area contributed by atoms with Crippen molar-refractivity contribution in [1.29, 1.82) is 0 Å². The first kappa shape index (κ1) is 14.4. The summed E-state index contributed by atoms with van der Waals surface area (Å²) >= 11 is 0. The first-order valence-corrected chi connectivity index (χ1v) is 6.09. The minimum absolute atomic E-state index is 0.0869. The molecule has 21 heavy (non-hydrogen) atoms. The molecule has 0 spiro atoms. The third kappa shape index (κ3) is 3.73. The average Bonchev–Trinajstić information content (AvgIpc) is 2.47. The number of hydrogen-bond donors (Lipinski definition) is 3. The first-order chi connectivity index (χ1) is 10.1. The number of nitrogens with zero attached hydrogens (tertiary/aromatic N) is 1. The van der Waals surface area contributed by atoms with E-state index in [-0.39, 0.29) is 17.1 Å². The van der Waals surface area contributed by atoms with E-state index >= 15 is 0 Å². The quantitative estimate of drug-likeness (QED) is 0.591. The number of phenols is 2. The predicted octanol–water partition coefficient (Wildman–Crippen LogP) is 1.87. The van der Waals surface area contributed by atoms with Crippen molar-refractivity contribution in [2.45, 2.75) is 0 Å². The molecule has 3 N–H and O–H groups in total. The van der Waals surface area contributed by atoms with Gasteiger partial charge in [-0.05, 0) is 29.8 Å². The molecule has 6 nitrogen and oxygen atoms in total. The number of methoxy groups -OCH3 is 1. The molecule has 2 aromatic carbocycles. The van der Waals surface area contributed by atoms with Gasteiger partial charge in [-0.3, -0.25) is 4.79 Å². The van der Waals surface area contributed by atoms with E-state index in [1.165, 1.54) is 37.6 Å². The Morgan fingerprint density at radius 3 is 2.71 bits per heavy atom. The molecule has 1 amide bonds. The Balaban J connectivity index is 2.05. The van der Waals surface area contributed by atoms with Crippen molar-refractivity contribution in [3.63, 3.8) is 0 Å². The van der Waals surface area contributed by atoms with Crippen LogP contribution in [0.15, 0.2) is 47.6 Å². The molecule has 0 aliphatic heterocycles. The van der Waals surface area contributed by atoms with E-state index in [1.807, 2.05) is 0 Å². The number of hydrazone groups is 1. The van der Waals surface area contributed by atoms with Crippen LogP contribution in [0.5, 0.6) is 17.2 Å². The monoisotopic (exact) mass is 286 g/mol. The Hall–Kier alpha value is -3.02. The zero-order valence-electron chi connectivity index (χ0n) is 11.3. The maximum Gasteiger partial charge on any atom is 0.275 e. The largest absolute Gasteiger partial charge is 0.508 e. The molecule has 2 rings (SSSR count). The first-order valence-electron chi connectivity index (χ1n) is 6.09. The highest BCUT2D eigenvalue weighted by Crippen LogP contribution is 2.23. The molecule has 0 aliphatic rings. The standard InChI is InChI=1S/C15H14N2O4/c1-21-12-5-6-13(14(19)8-12)15(20)17-16-9-10-3-2-4-11(18)7-10/h2-9,18-19H,1H3,(H,17,20)/b16-9-. The van der Waals surface area contributed by atoms with Crippen molar-refractivity contribution in [1.82, 2.24) is 5.43 Å². The van der Waals surface area contributed by atoms with Gasteiger partial charge in [0, 0.05) is 6.07 Å². The number of ether oxygens (including phenoxy) is 1. The van der Waals surface area contributed by atoms with Crippen molar-refractivity contribution < 1.29 is 19.7 Å². The van der Waals surface area contributed by atoms with Gasteiger partial charge in [-0.2, -0.15) is 5.10 Å². The fourth-order valence-corrected chi connectivity index (χ4v) is 1.66. The van der Waals surface area contributed by atoms with Crippen LogP contribution >= 0.6 is 0 Å². The molecule has 0 saturated heterocycles. The zero-order valence-corrected chi connectivity index (χ0v) is 11.3. The molecule has 108 valence electrons. The van der Waals surface area contributed by atoms with Gasteiger partial charge in [0.25, 0.3) is 5.91 Å². The average molecular weight is 286 g/mol. The van der Waals surface area contributed by atoms with Crippen LogP contribution in [0.25, 0.3) is 0 Å². The second-order valence-electron chi connectivity index (χ2n) is 4.18. The number of carbonyl (C=O) groups is 1. The summed E-state index contributed by atoms with van der Waals surface area (Å²) in [5.74, 6) is -0.184.